The number of carbonyl (C=O) groups excluding carboxylic acids is 1. The van der Waals surface area contributed by atoms with E-state index in [9.17, 15) is 4.79 Å². The highest BCUT2D eigenvalue weighted by Crippen LogP contribution is 2.23. The van der Waals surface area contributed by atoms with Crippen LogP contribution in [0.5, 0.6) is 0 Å². The van der Waals surface area contributed by atoms with Crippen LogP contribution in [0.2, 0.25) is 0 Å². The highest BCUT2D eigenvalue weighted by atomic mass is 32.2. The predicted molar refractivity (Wildman–Crippen MR) is 69.7 cm³/mol. The standard InChI is InChI=1S/C10H13NOS.C2H6/c1-8(12)9-6-4-5-7-10(9)11(2)13-3;1-2/h4-7H,1-3H3;1-2H3. The number of hydrogen-bond acceptors (Lipinski definition) is 3. The van der Waals surface area contributed by atoms with Crippen LogP contribution in [-0.4, -0.2) is 19.1 Å². The maximum atomic E-state index is 11.3. The van der Waals surface area contributed by atoms with Crippen molar-refractivity contribution in [2.45, 2.75) is 20.8 Å². The third-order valence-electron chi connectivity index (χ3n) is 1.90. The number of para-hydroxylation sites is 1. The van der Waals surface area contributed by atoms with Crippen molar-refractivity contribution >= 4 is 23.4 Å². The van der Waals surface area contributed by atoms with Gasteiger partial charge in [0.05, 0.1) is 5.69 Å². The highest BCUT2D eigenvalue weighted by molar-refractivity contribution is 7.99. The third-order valence-corrected chi connectivity index (χ3v) is 2.64. The number of nitrogens with zero attached hydrogens (tertiary/aromatic N) is 1. The molecule has 0 N–H and O–H groups in total. The topological polar surface area (TPSA) is 20.3 Å². The average Bonchev–Trinajstić information content (AvgIpc) is 2.30. The van der Waals surface area contributed by atoms with E-state index in [1.54, 1.807) is 18.9 Å². The first-order valence-corrected chi connectivity index (χ1v) is 6.22. The summed E-state index contributed by atoms with van der Waals surface area (Å²) < 4.78 is 1.98. The summed E-state index contributed by atoms with van der Waals surface area (Å²) in [6, 6.07) is 7.63. The largest absolute Gasteiger partial charge is 0.319 e. The van der Waals surface area contributed by atoms with E-state index in [-0.39, 0.29) is 5.78 Å². The van der Waals surface area contributed by atoms with Gasteiger partial charge < -0.3 is 4.31 Å². The summed E-state index contributed by atoms with van der Waals surface area (Å²) in [5, 5.41) is 0. The molecule has 0 aromatic heterocycles. The molecule has 0 fully saturated rings. The second-order valence-corrected chi connectivity index (χ2v) is 3.67. The monoisotopic (exact) mass is 225 g/mol. The number of ketones is 1. The lowest BCUT2D eigenvalue weighted by atomic mass is 10.1. The second kappa shape index (κ2) is 7.35. The van der Waals surface area contributed by atoms with Gasteiger partial charge in [0.2, 0.25) is 0 Å². The Morgan fingerprint density at radius 2 is 1.80 bits per heavy atom. The first-order chi connectivity index (χ1) is 7.16. The van der Waals surface area contributed by atoms with Crippen LogP contribution in [0.15, 0.2) is 24.3 Å². The maximum Gasteiger partial charge on any atom is 0.161 e. The van der Waals surface area contributed by atoms with E-state index < -0.39 is 0 Å². The number of hydrogen-bond donors (Lipinski definition) is 0. The summed E-state index contributed by atoms with van der Waals surface area (Å²) in [5.74, 6) is 0.108. The van der Waals surface area contributed by atoms with Gasteiger partial charge in [-0.05, 0) is 19.1 Å². The molecule has 0 aliphatic rings. The molecular weight excluding hydrogens is 206 g/mol. The molecule has 0 unspecified atom stereocenters. The Kier molecular flexibility index (Phi) is 6.88. The van der Waals surface area contributed by atoms with Crippen LogP contribution in [0.25, 0.3) is 0 Å². The van der Waals surface area contributed by atoms with Crippen LogP contribution >= 0.6 is 11.9 Å². The molecular formula is C12H19NOS. The van der Waals surface area contributed by atoms with Crippen molar-refractivity contribution in [1.82, 2.24) is 0 Å². The fourth-order valence-electron chi connectivity index (χ4n) is 1.14. The zero-order valence-electron chi connectivity index (χ0n) is 10.1. The Hall–Kier alpha value is -0.960. The summed E-state index contributed by atoms with van der Waals surface area (Å²) in [5.41, 5.74) is 1.75. The third kappa shape index (κ3) is 3.96. The van der Waals surface area contributed by atoms with Crippen LogP contribution < -0.4 is 4.31 Å². The van der Waals surface area contributed by atoms with E-state index in [0.29, 0.717) is 0 Å². The van der Waals surface area contributed by atoms with E-state index in [1.165, 1.54) is 0 Å². The summed E-state index contributed by atoms with van der Waals surface area (Å²) >= 11 is 1.59. The van der Waals surface area contributed by atoms with Crippen LogP contribution in [-0.2, 0) is 0 Å². The van der Waals surface area contributed by atoms with Gasteiger partial charge in [-0.25, -0.2) is 0 Å². The molecule has 0 atom stereocenters. The van der Waals surface area contributed by atoms with Crippen LogP contribution in [0, 0.1) is 0 Å². The van der Waals surface area contributed by atoms with Crippen molar-refractivity contribution in [3.63, 3.8) is 0 Å². The summed E-state index contributed by atoms with van der Waals surface area (Å²) in [6.07, 6.45) is 1.98. The fraction of sp³-hybridized carbons (Fsp3) is 0.417. The number of carbonyl (C=O) groups is 1. The van der Waals surface area contributed by atoms with Gasteiger partial charge in [-0.3, -0.25) is 4.79 Å². The average molecular weight is 225 g/mol. The Morgan fingerprint density at radius 3 is 2.27 bits per heavy atom. The molecule has 0 aliphatic carbocycles. The molecule has 0 aliphatic heterocycles. The molecule has 0 bridgehead atoms. The highest BCUT2D eigenvalue weighted by Gasteiger charge is 2.08. The molecule has 0 amide bonds. The molecule has 1 aromatic carbocycles. The first-order valence-electron chi connectivity index (χ1n) is 5.04. The van der Waals surface area contributed by atoms with Crippen LogP contribution in [0.1, 0.15) is 31.1 Å². The van der Waals surface area contributed by atoms with Gasteiger partial charge >= 0.3 is 0 Å². The number of rotatable bonds is 3. The normalized spacial score (nSPS) is 8.87. The van der Waals surface area contributed by atoms with E-state index in [0.717, 1.165) is 11.3 Å². The van der Waals surface area contributed by atoms with E-state index in [2.05, 4.69) is 0 Å². The summed E-state index contributed by atoms with van der Waals surface area (Å²) in [7, 11) is 1.95. The molecule has 15 heavy (non-hydrogen) atoms. The Labute approximate surface area is 96.8 Å². The minimum Gasteiger partial charge on any atom is -0.319 e. The van der Waals surface area contributed by atoms with E-state index >= 15 is 0 Å². The van der Waals surface area contributed by atoms with Crippen LogP contribution in [0.4, 0.5) is 5.69 Å². The van der Waals surface area contributed by atoms with Gasteiger partial charge in [-0.1, -0.05) is 37.9 Å². The number of benzene rings is 1. The van der Waals surface area contributed by atoms with E-state index in [1.807, 2.05) is 55.7 Å². The Morgan fingerprint density at radius 1 is 1.27 bits per heavy atom. The molecule has 0 saturated heterocycles. The SMILES string of the molecule is CC.CSN(C)c1ccccc1C(C)=O. The van der Waals surface area contributed by atoms with Crippen molar-refractivity contribution < 1.29 is 4.79 Å². The van der Waals surface area contributed by atoms with Gasteiger partial charge in [0.1, 0.15) is 0 Å². The minimum absolute atomic E-state index is 0.108. The van der Waals surface area contributed by atoms with Crippen molar-refractivity contribution in [2.75, 3.05) is 17.6 Å². The Balaban J connectivity index is 0.000000921. The molecule has 84 valence electrons. The zero-order valence-corrected chi connectivity index (χ0v) is 10.9. The lowest BCUT2D eigenvalue weighted by Crippen LogP contribution is -2.09. The lowest BCUT2D eigenvalue weighted by molar-refractivity contribution is 0.101. The van der Waals surface area contributed by atoms with Crippen molar-refractivity contribution in [3.05, 3.63) is 29.8 Å². The van der Waals surface area contributed by atoms with Gasteiger partial charge in [0, 0.05) is 18.9 Å². The molecule has 3 heteroatoms. The van der Waals surface area contributed by atoms with Gasteiger partial charge in [0.25, 0.3) is 0 Å². The first kappa shape index (κ1) is 14.0. The second-order valence-electron chi connectivity index (χ2n) is 2.75. The van der Waals surface area contributed by atoms with Gasteiger partial charge in [-0.15, -0.1) is 0 Å². The smallest absolute Gasteiger partial charge is 0.161 e. The predicted octanol–water partition coefficient (Wildman–Crippen LogP) is 3.63. The van der Waals surface area contributed by atoms with Crippen molar-refractivity contribution in [1.29, 1.82) is 0 Å². The molecule has 1 aromatic rings. The minimum atomic E-state index is 0.108. The van der Waals surface area contributed by atoms with Gasteiger partial charge in [-0.2, -0.15) is 0 Å². The van der Waals surface area contributed by atoms with E-state index in [4.69, 9.17) is 0 Å². The molecule has 0 spiro atoms. The quantitative estimate of drug-likeness (QED) is 0.579. The molecule has 1 rings (SSSR count). The molecule has 0 heterocycles. The summed E-state index contributed by atoms with van der Waals surface area (Å²) in [4.78, 5) is 11.3. The van der Waals surface area contributed by atoms with Crippen molar-refractivity contribution in [2.24, 2.45) is 0 Å². The lowest BCUT2D eigenvalue weighted by Gasteiger charge is -2.17. The zero-order chi connectivity index (χ0) is 11.8. The molecule has 2 nitrogen and oxygen atoms in total. The number of Topliss-reactive ketones (excluding diaryl/α,β-unsaturated/α-hetero) is 1. The fourth-order valence-corrected chi connectivity index (χ4v) is 1.50. The van der Waals surface area contributed by atoms with Gasteiger partial charge in [0.15, 0.2) is 5.78 Å². The van der Waals surface area contributed by atoms with Crippen molar-refractivity contribution in [3.8, 4) is 0 Å². The molecule has 0 radical (unpaired) electrons. The summed E-state index contributed by atoms with van der Waals surface area (Å²) in [6.45, 7) is 5.59. The number of anilines is 1. The van der Waals surface area contributed by atoms with Crippen LogP contribution in [0.3, 0.4) is 0 Å². The Bertz CT molecular complexity index is 312. The maximum absolute atomic E-state index is 11.3. The molecule has 0 saturated carbocycles.